The second kappa shape index (κ2) is 10.4. The molecule has 4 rings (SSSR count). The number of benzene rings is 1. The molecule has 1 fully saturated rings. The van der Waals surface area contributed by atoms with E-state index < -0.39 is 18.0 Å². The van der Waals surface area contributed by atoms with Crippen molar-refractivity contribution in [3.63, 3.8) is 0 Å². The number of phenolic OH excluding ortho intramolecular Hbond substituents is 1. The Bertz CT molecular complexity index is 1070. The number of aromatic nitrogens is 2. The van der Waals surface area contributed by atoms with E-state index in [4.69, 9.17) is 9.47 Å². The lowest BCUT2D eigenvalue weighted by Gasteiger charge is -2.37. The highest BCUT2D eigenvalue weighted by Gasteiger charge is 2.35. The highest BCUT2D eigenvalue weighted by Crippen LogP contribution is 2.34. The van der Waals surface area contributed by atoms with Crippen LogP contribution in [0.2, 0.25) is 0 Å². The average Bonchev–Trinajstić information content (AvgIpc) is 2.86. The molecule has 0 aliphatic carbocycles. The lowest BCUT2D eigenvalue weighted by molar-refractivity contribution is -0.136. The van der Waals surface area contributed by atoms with E-state index in [1.807, 2.05) is 0 Å². The molecule has 0 saturated carbocycles. The predicted octanol–water partition coefficient (Wildman–Crippen LogP) is 1.18. The van der Waals surface area contributed by atoms with Crippen LogP contribution in [-0.4, -0.2) is 78.4 Å². The Morgan fingerprint density at radius 1 is 1.21 bits per heavy atom. The number of anilines is 1. The smallest absolute Gasteiger partial charge is 0.338 e. The molecule has 3 heterocycles. The standard InChI is InChI=1S/C23H28N6O5/c1-3-34-18-13-15(5-6-17(18)30)20-19(21(31)33-2)16(26-23(32)27-20)14-28-9-11-29(12-10-28)22-24-7-4-8-25-22/h4-8,13,20,30H,3,9-12,14H2,1-2H3,(H2,26,27,32)/t20-/m1/s1. The van der Waals surface area contributed by atoms with E-state index in [9.17, 15) is 14.7 Å². The Labute approximate surface area is 197 Å². The van der Waals surface area contributed by atoms with Crippen LogP contribution in [0.4, 0.5) is 10.7 Å². The molecule has 0 radical (unpaired) electrons. The van der Waals surface area contributed by atoms with Crippen molar-refractivity contribution in [1.29, 1.82) is 0 Å². The van der Waals surface area contributed by atoms with Crippen LogP contribution in [0.15, 0.2) is 47.9 Å². The zero-order chi connectivity index (χ0) is 24.1. The van der Waals surface area contributed by atoms with Gasteiger partial charge >= 0.3 is 12.0 Å². The number of piperazine rings is 1. The summed E-state index contributed by atoms with van der Waals surface area (Å²) in [7, 11) is 1.31. The van der Waals surface area contributed by atoms with Crippen molar-refractivity contribution < 1.29 is 24.2 Å². The number of ether oxygens (including phenoxy) is 2. The minimum absolute atomic E-state index is 0.0186. The molecule has 0 spiro atoms. The third kappa shape index (κ3) is 5.04. The second-order valence-electron chi connectivity index (χ2n) is 7.89. The van der Waals surface area contributed by atoms with Gasteiger partial charge in [0, 0.05) is 50.8 Å². The minimum Gasteiger partial charge on any atom is -0.504 e. The first-order valence-corrected chi connectivity index (χ1v) is 11.1. The molecule has 1 saturated heterocycles. The molecule has 1 aromatic heterocycles. The molecule has 1 aromatic carbocycles. The van der Waals surface area contributed by atoms with Crippen molar-refractivity contribution in [2.75, 3.05) is 51.3 Å². The van der Waals surface area contributed by atoms with Crippen LogP contribution < -0.4 is 20.3 Å². The molecule has 2 amide bonds. The maximum absolute atomic E-state index is 12.8. The van der Waals surface area contributed by atoms with Gasteiger partial charge in [0.25, 0.3) is 0 Å². The first-order chi connectivity index (χ1) is 16.5. The minimum atomic E-state index is -0.755. The first kappa shape index (κ1) is 23.3. The number of hydrogen-bond acceptors (Lipinski definition) is 9. The molecule has 2 aliphatic rings. The summed E-state index contributed by atoms with van der Waals surface area (Å²) in [6.07, 6.45) is 3.43. The fourth-order valence-electron chi connectivity index (χ4n) is 4.11. The van der Waals surface area contributed by atoms with Gasteiger partial charge in [-0.3, -0.25) is 4.90 Å². The van der Waals surface area contributed by atoms with Gasteiger partial charge in [-0.05, 0) is 30.7 Å². The fourth-order valence-corrected chi connectivity index (χ4v) is 4.11. The third-order valence-electron chi connectivity index (χ3n) is 5.76. The van der Waals surface area contributed by atoms with Gasteiger partial charge in [0.15, 0.2) is 11.5 Å². The predicted molar refractivity (Wildman–Crippen MR) is 123 cm³/mol. The Balaban J connectivity index is 1.58. The molecular weight excluding hydrogens is 440 g/mol. The summed E-state index contributed by atoms with van der Waals surface area (Å²) >= 11 is 0. The summed E-state index contributed by atoms with van der Waals surface area (Å²) in [6.45, 7) is 5.39. The summed E-state index contributed by atoms with van der Waals surface area (Å²) in [4.78, 5) is 38.2. The van der Waals surface area contributed by atoms with Crippen molar-refractivity contribution in [1.82, 2.24) is 25.5 Å². The Kier molecular flexibility index (Phi) is 7.12. The maximum Gasteiger partial charge on any atom is 0.338 e. The zero-order valence-electron chi connectivity index (χ0n) is 19.2. The van der Waals surface area contributed by atoms with Gasteiger partial charge in [0.2, 0.25) is 5.95 Å². The fraction of sp³-hybridized carbons (Fsp3) is 0.391. The molecule has 1 atom stereocenters. The Hall–Kier alpha value is -3.86. The van der Waals surface area contributed by atoms with Crippen molar-refractivity contribution in [2.45, 2.75) is 13.0 Å². The number of carbonyl (C=O) groups is 2. The van der Waals surface area contributed by atoms with E-state index in [0.717, 1.165) is 13.1 Å². The van der Waals surface area contributed by atoms with Gasteiger partial charge in [-0.15, -0.1) is 0 Å². The van der Waals surface area contributed by atoms with Crippen LogP contribution in [0.25, 0.3) is 0 Å². The van der Waals surface area contributed by atoms with Crippen molar-refractivity contribution in [3.05, 3.63) is 53.5 Å². The Morgan fingerprint density at radius 3 is 2.62 bits per heavy atom. The molecule has 2 aliphatic heterocycles. The van der Waals surface area contributed by atoms with Gasteiger partial charge < -0.3 is 30.1 Å². The first-order valence-electron chi connectivity index (χ1n) is 11.1. The molecule has 180 valence electrons. The van der Waals surface area contributed by atoms with Crippen LogP contribution in [0, 0.1) is 0 Å². The number of methoxy groups -OCH3 is 1. The van der Waals surface area contributed by atoms with Crippen LogP contribution in [0.5, 0.6) is 11.5 Å². The van der Waals surface area contributed by atoms with E-state index in [1.54, 1.807) is 37.5 Å². The van der Waals surface area contributed by atoms with Crippen LogP contribution in [-0.2, 0) is 9.53 Å². The summed E-state index contributed by atoms with van der Waals surface area (Å²) in [6, 6.07) is 5.35. The average molecular weight is 469 g/mol. The third-order valence-corrected chi connectivity index (χ3v) is 5.76. The SMILES string of the molecule is CCOc1cc([C@H]2NC(=O)NC(CN3CCN(c4ncccn4)CC3)=C2C(=O)OC)ccc1O. The van der Waals surface area contributed by atoms with Gasteiger partial charge in [-0.1, -0.05) is 6.07 Å². The van der Waals surface area contributed by atoms with Crippen molar-refractivity contribution in [2.24, 2.45) is 0 Å². The summed E-state index contributed by atoms with van der Waals surface area (Å²) in [5.74, 6) is 0.395. The van der Waals surface area contributed by atoms with Crippen LogP contribution in [0.3, 0.4) is 0 Å². The van der Waals surface area contributed by atoms with E-state index in [-0.39, 0.29) is 11.5 Å². The molecule has 0 unspecified atom stereocenters. The molecular formula is C23H28N6O5. The lowest BCUT2D eigenvalue weighted by atomic mass is 9.94. The number of carbonyl (C=O) groups excluding carboxylic acids is 2. The van der Waals surface area contributed by atoms with Crippen molar-refractivity contribution in [3.8, 4) is 11.5 Å². The number of aromatic hydroxyl groups is 1. The molecule has 34 heavy (non-hydrogen) atoms. The van der Waals surface area contributed by atoms with Gasteiger partial charge in [-0.2, -0.15) is 0 Å². The monoisotopic (exact) mass is 468 g/mol. The number of nitrogens with one attached hydrogen (secondary N) is 2. The summed E-state index contributed by atoms with van der Waals surface area (Å²) < 4.78 is 10.5. The summed E-state index contributed by atoms with van der Waals surface area (Å²) in [5, 5.41) is 15.6. The molecule has 0 bridgehead atoms. The Morgan fingerprint density at radius 2 is 1.94 bits per heavy atom. The number of esters is 1. The number of phenols is 1. The molecule has 11 nitrogen and oxygen atoms in total. The summed E-state index contributed by atoms with van der Waals surface area (Å²) in [5.41, 5.74) is 1.39. The molecule has 2 aromatic rings. The molecule has 3 N–H and O–H groups in total. The second-order valence-corrected chi connectivity index (χ2v) is 7.89. The van der Waals surface area contributed by atoms with Crippen LogP contribution >= 0.6 is 0 Å². The normalized spacial score (nSPS) is 18.8. The maximum atomic E-state index is 12.8. The van der Waals surface area contributed by atoms with E-state index >= 15 is 0 Å². The van der Waals surface area contributed by atoms with E-state index in [2.05, 4.69) is 30.4 Å². The highest BCUT2D eigenvalue weighted by atomic mass is 16.5. The van der Waals surface area contributed by atoms with E-state index in [0.29, 0.717) is 49.0 Å². The quantitative estimate of drug-likeness (QED) is 0.513. The largest absolute Gasteiger partial charge is 0.504 e. The zero-order valence-corrected chi connectivity index (χ0v) is 19.2. The number of hydrogen-bond donors (Lipinski definition) is 3. The topological polar surface area (TPSA) is 129 Å². The van der Waals surface area contributed by atoms with Crippen molar-refractivity contribution >= 4 is 17.9 Å². The van der Waals surface area contributed by atoms with Gasteiger partial charge in [0.1, 0.15) is 0 Å². The van der Waals surface area contributed by atoms with Gasteiger partial charge in [-0.25, -0.2) is 19.6 Å². The van der Waals surface area contributed by atoms with Crippen LogP contribution in [0.1, 0.15) is 18.5 Å². The van der Waals surface area contributed by atoms with E-state index in [1.165, 1.54) is 13.2 Å². The number of amides is 2. The number of rotatable bonds is 7. The number of nitrogens with zero attached hydrogens (tertiary/aromatic N) is 4. The van der Waals surface area contributed by atoms with Gasteiger partial charge in [0.05, 0.1) is 25.3 Å². The molecule has 11 heteroatoms. The lowest BCUT2D eigenvalue weighted by Crippen LogP contribution is -2.52. The highest BCUT2D eigenvalue weighted by molar-refractivity contribution is 5.95. The number of urea groups is 1.